The lowest BCUT2D eigenvalue weighted by molar-refractivity contribution is -0.384. The summed E-state index contributed by atoms with van der Waals surface area (Å²) in [4.78, 5) is 22.6. The van der Waals surface area contributed by atoms with E-state index in [0.717, 1.165) is 10.7 Å². The number of nitro groups is 1. The summed E-state index contributed by atoms with van der Waals surface area (Å²) < 4.78 is 27.6. The molecule has 3 rings (SSSR count). The van der Waals surface area contributed by atoms with Crippen LogP contribution in [-0.4, -0.2) is 21.2 Å². The molecule has 3 aromatic rings. The normalized spacial score (nSPS) is 10.7. The second-order valence-corrected chi connectivity index (χ2v) is 6.15. The van der Waals surface area contributed by atoms with Crippen LogP contribution in [0, 0.1) is 21.7 Å². The van der Waals surface area contributed by atoms with Crippen molar-refractivity contribution in [3.05, 3.63) is 91.4 Å². The third-order valence-electron chi connectivity index (χ3n) is 3.95. The van der Waals surface area contributed by atoms with Crippen LogP contribution in [-0.2, 0) is 6.42 Å². The van der Waals surface area contributed by atoms with Crippen molar-refractivity contribution < 1.29 is 13.7 Å². The van der Waals surface area contributed by atoms with Gasteiger partial charge in [0.2, 0.25) is 0 Å². The van der Waals surface area contributed by atoms with Crippen molar-refractivity contribution in [3.8, 4) is 5.69 Å². The van der Waals surface area contributed by atoms with Gasteiger partial charge in [-0.3, -0.25) is 14.9 Å². The van der Waals surface area contributed by atoms with Crippen LogP contribution >= 0.6 is 11.6 Å². The van der Waals surface area contributed by atoms with Crippen LogP contribution in [0.4, 0.5) is 20.2 Å². The number of nitrogens with zero attached hydrogens (tertiary/aromatic N) is 3. The molecule has 1 N–H and O–H groups in total. The number of anilines is 1. The number of benzene rings is 2. The average Bonchev–Trinajstić information content (AvgIpc) is 2.67. The molecule has 1 heterocycles. The van der Waals surface area contributed by atoms with E-state index in [0.29, 0.717) is 11.3 Å². The largest absolute Gasteiger partial charge is 0.382 e. The van der Waals surface area contributed by atoms with E-state index in [2.05, 4.69) is 10.4 Å². The van der Waals surface area contributed by atoms with E-state index in [1.165, 1.54) is 42.6 Å². The molecule has 0 saturated carbocycles. The van der Waals surface area contributed by atoms with Crippen LogP contribution in [0.5, 0.6) is 0 Å². The van der Waals surface area contributed by atoms with Gasteiger partial charge in [0.25, 0.3) is 11.2 Å². The van der Waals surface area contributed by atoms with E-state index >= 15 is 0 Å². The maximum atomic E-state index is 13.6. The summed E-state index contributed by atoms with van der Waals surface area (Å²) >= 11 is 6.10. The van der Waals surface area contributed by atoms with Gasteiger partial charge in [-0.1, -0.05) is 17.7 Å². The lowest BCUT2D eigenvalue weighted by Gasteiger charge is -2.10. The Kier molecular flexibility index (Phi) is 5.65. The fourth-order valence-electron chi connectivity index (χ4n) is 2.51. The highest BCUT2D eigenvalue weighted by Crippen LogP contribution is 2.19. The Morgan fingerprint density at radius 3 is 2.54 bits per heavy atom. The molecule has 1 aromatic heterocycles. The molecule has 0 aliphatic carbocycles. The molecule has 144 valence electrons. The van der Waals surface area contributed by atoms with Crippen molar-refractivity contribution >= 4 is 23.0 Å². The first kappa shape index (κ1) is 19.4. The van der Waals surface area contributed by atoms with Crippen molar-refractivity contribution in [1.82, 2.24) is 9.78 Å². The van der Waals surface area contributed by atoms with Crippen molar-refractivity contribution in [1.29, 1.82) is 0 Å². The van der Waals surface area contributed by atoms with Gasteiger partial charge in [-0.2, -0.15) is 9.78 Å². The Morgan fingerprint density at radius 1 is 1.18 bits per heavy atom. The van der Waals surface area contributed by atoms with Crippen molar-refractivity contribution in [2.75, 3.05) is 11.9 Å². The van der Waals surface area contributed by atoms with Gasteiger partial charge in [0.15, 0.2) is 0 Å². The SMILES string of the molecule is O=c1c(Cl)c(NCCc2ccc(F)cc2F)cnn1-c1ccc([N+](=O)[O-])cc1. The van der Waals surface area contributed by atoms with E-state index in [4.69, 9.17) is 11.6 Å². The quantitative estimate of drug-likeness (QED) is 0.497. The molecular formula is C18H13ClF2N4O3. The molecule has 2 aromatic carbocycles. The Balaban J connectivity index is 1.74. The zero-order chi connectivity index (χ0) is 20.3. The van der Waals surface area contributed by atoms with Crippen molar-refractivity contribution in [3.63, 3.8) is 0 Å². The highest BCUT2D eigenvalue weighted by atomic mass is 35.5. The number of hydrogen-bond donors (Lipinski definition) is 1. The molecule has 0 aliphatic rings. The number of halogens is 3. The minimum atomic E-state index is -0.656. The summed E-state index contributed by atoms with van der Waals surface area (Å²) in [7, 11) is 0. The molecule has 0 fully saturated rings. The average molecular weight is 407 g/mol. The zero-order valence-electron chi connectivity index (χ0n) is 14.2. The fraction of sp³-hybridized carbons (Fsp3) is 0.111. The minimum absolute atomic E-state index is 0.116. The predicted molar refractivity (Wildman–Crippen MR) is 100 cm³/mol. The molecule has 0 saturated heterocycles. The molecule has 0 spiro atoms. The summed E-state index contributed by atoms with van der Waals surface area (Å²) in [6, 6.07) is 8.58. The molecule has 0 atom stereocenters. The molecule has 28 heavy (non-hydrogen) atoms. The maximum absolute atomic E-state index is 13.6. The van der Waals surface area contributed by atoms with Crippen LogP contribution in [0.1, 0.15) is 5.56 Å². The second-order valence-electron chi connectivity index (χ2n) is 5.78. The number of nitro benzene ring substituents is 1. The van der Waals surface area contributed by atoms with Gasteiger partial charge in [0.1, 0.15) is 16.7 Å². The molecule has 0 radical (unpaired) electrons. The lowest BCUT2D eigenvalue weighted by Crippen LogP contribution is -2.23. The zero-order valence-corrected chi connectivity index (χ0v) is 15.0. The van der Waals surface area contributed by atoms with Crippen LogP contribution in [0.15, 0.2) is 53.5 Å². The third-order valence-corrected chi connectivity index (χ3v) is 4.31. The Bertz CT molecular complexity index is 1090. The van der Waals surface area contributed by atoms with Gasteiger partial charge in [0, 0.05) is 24.7 Å². The van der Waals surface area contributed by atoms with Gasteiger partial charge >= 0.3 is 0 Å². The highest BCUT2D eigenvalue weighted by molar-refractivity contribution is 6.32. The monoisotopic (exact) mass is 406 g/mol. The standard InChI is InChI=1S/C18H13ClF2N4O3/c19-17-16(22-8-7-11-1-2-12(20)9-15(11)21)10-23-24(18(17)26)13-3-5-14(6-4-13)25(27)28/h1-6,9-10,22H,7-8H2. The van der Waals surface area contributed by atoms with Crippen LogP contribution in [0.2, 0.25) is 5.02 Å². The number of non-ortho nitro benzene ring substituents is 1. The van der Waals surface area contributed by atoms with Gasteiger partial charge in [-0.25, -0.2) is 8.78 Å². The van der Waals surface area contributed by atoms with Gasteiger partial charge in [0.05, 0.1) is 22.5 Å². The molecule has 0 bridgehead atoms. The second kappa shape index (κ2) is 8.13. The van der Waals surface area contributed by atoms with E-state index in [1.54, 1.807) is 0 Å². The minimum Gasteiger partial charge on any atom is -0.382 e. The summed E-state index contributed by atoms with van der Waals surface area (Å²) in [5, 5.41) is 17.5. The fourth-order valence-corrected chi connectivity index (χ4v) is 2.71. The maximum Gasteiger partial charge on any atom is 0.292 e. The first-order valence-corrected chi connectivity index (χ1v) is 8.45. The van der Waals surface area contributed by atoms with E-state index < -0.39 is 22.1 Å². The first-order chi connectivity index (χ1) is 13.4. The Hall–Kier alpha value is -3.33. The van der Waals surface area contributed by atoms with Gasteiger partial charge in [-0.05, 0) is 30.2 Å². The van der Waals surface area contributed by atoms with Gasteiger partial charge in [-0.15, -0.1) is 0 Å². The summed E-state index contributed by atoms with van der Waals surface area (Å²) in [5.41, 5.74) is 0.157. The van der Waals surface area contributed by atoms with Crippen LogP contribution in [0.25, 0.3) is 5.69 Å². The molecule has 7 nitrogen and oxygen atoms in total. The highest BCUT2D eigenvalue weighted by Gasteiger charge is 2.12. The summed E-state index contributed by atoms with van der Waals surface area (Å²) in [6.07, 6.45) is 1.57. The summed E-state index contributed by atoms with van der Waals surface area (Å²) in [5.74, 6) is -1.31. The van der Waals surface area contributed by atoms with E-state index in [1.807, 2.05) is 0 Å². The van der Waals surface area contributed by atoms with E-state index in [9.17, 15) is 23.7 Å². The Labute approximate surface area is 162 Å². The van der Waals surface area contributed by atoms with Crippen molar-refractivity contribution in [2.24, 2.45) is 0 Å². The van der Waals surface area contributed by atoms with E-state index in [-0.39, 0.29) is 29.4 Å². The van der Waals surface area contributed by atoms with Gasteiger partial charge < -0.3 is 5.32 Å². The molecule has 10 heteroatoms. The first-order valence-electron chi connectivity index (χ1n) is 8.07. The smallest absolute Gasteiger partial charge is 0.292 e. The molecular weight excluding hydrogens is 394 g/mol. The number of hydrogen-bond acceptors (Lipinski definition) is 5. The molecule has 0 aliphatic heterocycles. The lowest BCUT2D eigenvalue weighted by atomic mass is 10.1. The predicted octanol–water partition coefficient (Wildman–Crippen LogP) is 3.73. The number of nitrogens with one attached hydrogen (secondary N) is 1. The number of aromatic nitrogens is 2. The topological polar surface area (TPSA) is 90.1 Å². The number of rotatable bonds is 6. The Morgan fingerprint density at radius 2 is 1.89 bits per heavy atom. The van der Waals surface area contributed by atoms with Crippen LogP contribution in [0.3, 0.4) is 0 Å². The van der Waals surface area contributed by atoms with Crippen LogP contribution < -0.4 is 10.9 Å². The molecule has 0 unspecified atom stereocenters. The molecule has 0 amide bonds. The van der Waals surface area contributed by atoms with Crippen molar-refractivity contribution in [2.45, 2.75) is 6.42 Å². The third kappa shape index (κ3) is 4.15. The summed E-state index contributed by atoms with van der Waals surface area (Å²) in [6.45, 7) is 0.241.